The van der Waals surface area contributed by atoms with E-state index < -0.39 is 0 Å². The van der Waals surface area contributed by atoms with E-state index in [9.17, 15) is 9.59 Å². The topological polar surface area (TPSA) is 105 Å². The van der Waals surface area contributed by atoms with Gasteiger partial charge in [0, 0.05) is 23.7 Å². The van der Waals surface area contributed by atoms with E-state index in [4.69, 9.17) is 9.47 Å². The number of hydrogen-bond acceptors (Lipinski definition) is 5. The second kappa shape index (κ2) is 8.14. The molecular weight excluding hydrogens is 396 g/mol. The van der Waals surface area contributed by atoms with E-state index in [-0.39, 0.29) is 17.7 Å². The van der Waals surface area contributed by atoms with Crippen LogP contribution in [0.25, 0.3) is 11.3 Å². The first-order valence-electron chi connectivity index (χ1n) is 10.3. The molecule has 3 N–H and O–H groups in total. The molecule has 0 saturated heterocycles. The average Bonchev–Trinajstić information content (AvgIpc) is 3.54. The SMILES string of the molecule is O=C(NCc1ccc(NC(=O)C2CC2)cc1)c1cn[nH]c1-c1ccc2c(c1)OCCO2. The Hall–Kier alpha value is -3.81. The van der Waals surface area contributed by atoms with E-state index >= 15 is 0 Å². The molecule has 5 rings (SSSR count). The molecule has 158 valence electrons. The molecule has 0 unspecified atom stereocenters. The lowest BCUT2D eigenvalue weighted by atomic mass is 10.1. The van der Waals surface area contributed by atoms with Gasteiger partial charge in [0.1, 0.15) is 13.2 Å². The van der Waals surface area contributed by atoms with Gasteiger partial charge in [0.05, 0.1) is 17.5 Å². The standard InChI is InChI=1S/C23H22N4O4/c28-22(15-3-4-15)26-17-6-1-14(2-7-17)12-24-23(29)18-13-25-27-21(18)16-5-8-19-20(11-16)31-10-9-30-19/h1-2,5-8,11,13,15H,3-4,9-10,12H2,(H,24,29)(H,25,27)(H,26,28). The van der Waals surface area contributed by atoms with Gasteiger partial charge in [-0.25, -0.2) is 0 Å². The monoisotopic (exact) mass is 418 g/mol. The number of carbonyl (C=O) groups excluding carboxylic acids is 2. The minimum Gasteiger partial charge on any atom is -0.486 e. The van der Waals surface area contributed by atoms with Crippen molar-refractivity contribution < 1.29 is 19.1 Å². The lowest BCUT2D eigenvalue weighted by Crippen LogP contribution is -2.23. The third-order valence-corrected chi connectivity index (χ3v) is 5.34. The molecule has 1 aromatic heterocycles. The van der Waals surface area contributed by atoms with E-state index in [1.807, 2.05) is 42.5 Å². The summed E-state index contributed by atoms with van der Waals surface area (Å²) in [6, 6.07) is 13.0. The molecule has 0 atom stereocenters. The van der Waals surface area contributed by atoms with Crippen LogP contribution in [-0.2, 0) is 11.3 Å². The molecule has 0 bridgehead atoms. The maximum absolute atomic E-state index is 12.8. The molecule has 2 amide bonds. The summed E-state index contributed by atoms with van der Waals surface area (Å²) in [5.41, 5.74) is 3.56. The van der Waals surface area contributed by atoms with Gasteiger partial charge in [0.25, 0.3) is 5.91 Å². The van der Waals surface area contributed by atoms with Crippen molar-refractivity contribution in [3.8, 4) is 22.8 Å². The fourth-order valence-corrected chi connectivity index (χ4v) is 3.45. The van der Waals surface area contributed by atoms with Crippen molar-refractivity contribution in [2.24, 2.45) is 5.92 Å². The quantitative estimate of drug-likeness (QED) is 0.570. The number of nitrogens with one attached hydrogen (secondary N) is 3. The summed E-state index contributed by atoms with van der Waals surface area (Å²) in [4.78, 5) is 24.6. The highest BCUT2D eigenvalue weighted by Gasteiger charge is 2.29. The van der Waals surface area contributed by atoms with Gasteiger partial charge >= 0.3 is 0 Å². The summed E-state index contributed by atoms with van der Waals surface area (Å²) in [6.45, 7) is 1.38. The van der Waals surface area contributed by atoms with Crippen molar-refractivity contribution in [1.82, 2.24) is 15.5 Å². The molecule has 8 heteroatoms. The lowest BCUT2D eigenvalue weighted by Gasteiger charge is -2.18. The van der Waals surface area contributed by atoms with Gasteiger partial charge in [-0.15, -0.1) is 0 Å². The fourth-order valence-electron chi connectivity index (χ4n) is 3.45. The molecule has 2 heterocycles. The van der Waals surface area contributed by atoms with Crippen molar-refractivity contribution in [1.29, 1.82) is 0 Å². The summed E-state index contributed by atoms with van der Waals surface area (Å²) in [6.07, 6.45) is 3.45. The molecule has 31 heavy (non-hydrogen) atoms. The molecule has 2 aliphatic rings. The van der Waals surface area contributed by atoms with Crippen molar-refractivity contribution in [3.63, 3.8) is 0 Å². The van der Waals surface area contributed by atoms with E-state index in [0.29, 0.717) is 42.5 Å². The molecule has 3 aromatic rings. The van der Waals surface area contributed by atoms with E-state index in [2.05, 4.69) is 20.8 Å². The predicted molar refractivity (Wildman–Crippen MR) is 114 cm³/mol. The van der Waals surface area contributed by atoms with Gasteiger partial charge in [-0.3, -0.25) is 14.7 Å². The summed E-state index contributed by atoms with van der Waals surface area (Å²) >= 11 is 0. The molecule has 1 fully saturated rings. The third-order valence-electron chi connectivity index (χ3n) is 5.34. The number of benzene rings is 2. The van der Waals surface area contributed by atoms with Crippen LogP contribution in [0.4, 0.5) is 5.69 Å². The van der Waals surface area contributed by atoms with Crippen LogP contribution in [0.2, 0.25) is 0 Å². The van der Waals surface area contributed by atoms with E-state index in [1.165, 1.54) is 6.20 Å². The highest BCUT2D eigenvalue weighted by atomic mass is 16.6. The molecule has 1 aliphatic heterocycles. The highest BCUT2D eigenvalue weighted by molar-refractivity contribution is 5.99. The number of H-pyrrole nitrogens is 1. The number of nitrogens with zero attached hydrogens (tertiary/aromatic N) is 1. The van der Waals surface area contributed by atoms with Gasteiger partial charge in [0.15, 0.2) is 11.5 Å². The molecule has 0 spiro atoms. The van der Waals surface area contributed by atoms with E-state index in [1.54, 1.807) is 0 Å². The molecule has 2 aromatic carbocycles. The summed E-state index contributed by atoms with van der Waals surface area (Å²) in [7, 11) is 0. The smallest absolute Gasteiger partial charge is 0.255 e. The van der Waals surface area contributed by atoms with Crippen LogP contribution in [0.15, 0.2) is 48.7 Å². The van der Waals surface area contributed by atoms with E-state index in [0.717, 1.165) is 29.7 Å². The lowest BCUT2D eigenvalue weighted by molar-refractivity contribution is -0.117. The minimum atomic E-state index is -0.232. The summed E-state index contributed by atoms with van der Waals surface area (Å²) < 4.78 is 11.2. The van der Waals surface area contributed by atoms with Crippen LogP contribution in [0.3, 0.4) is 0 Å². The summed E-state index contributed by atoms with van der Waals surface area (Å²) in [5, 5.41) is 12.8. The third kappa shape index (κ3) is 4.23. The second-order valence-corrected chi connectivity index (χ2v) is 7.66. The number of aromatic nitrogens is 2. The number of hydrogen-bond donors (Lipinski definition) is 3. The Morgan fingerprint density at radius 3 is 2.58 bits per heavy atom. The zero-order chi connectivity index (χ0) is 21.2. The van der Waals surface area contributed by atoms with Crippen molar-refractivity contribution in [3.05, 3.63) is 59.8 Å². The van der Waals surface area contributed by atoms with Gasteiger partial charge in [-0.05, 0) is 48.7 Å². The number of amides is 2. The number of ether oxygens (including phenoxy) is 2. The van der Waals surface area contributed by atoms with Crippen LogP contribution in [-0.4, -0.2) is 35.2 Å². The van der Waals surface area contributed by atoms with Crippen molar-refractivity contribution in [2.45, 2.75) is 19.4 Å². The number of fused-ring (bicyclic) bond motifs is 1. The van der Waals surface area contributed by atoms with Crippen molar-refractivity contribution >= 4 is 17.5 Å². The molecule has 0 radical (unpaired) electrons. The maximum atomic E-state index is 12.8. The van der Waals surface area contributed by atoms with Crippen molar-refractivity contribution in [2.75, 3.05) is 18.5 Å². The number of rotatable bonds is 6. The Balaban J connectivity index is 1.23. The predicted octanol–water partition coefficient (Wildman–Crippen LogP) is 3.13. The highest BCUT2D eigenvalue weighted by Crippen LogP contribution is 2.35. The largest absolute Gasteiger partial charge is 0.486 e. The Kier molecular flexibility index (Phi) is 5.03. The molecular formula is C23H22N4O4. The van der Waals surface area contributed by atoms with Crippen LogP contribution >= 0.6 is 0 Å². The zero-order valence-electron chi connectivity index (χ0n) is 16.8. The normalized spacial score (nSPS) is 14.7. The Morgan fingerprint density at radius 1 is 1.03 bits per heavy atom. The summed E-state index contributed by atoms with van der Waals surface area (Å²) in [5.74, 6) is 1.35. The maximum Gasteiger partial charge on any atom is 0.255 e. The van der Waals surface area contributed by atoms with Gasteiger partial charge in [-0.1, -0.05) is 12.1 Å². The molecule has 1 saturated carbocycles. The Labute approximate surface area is 179 Å². The van der Waals surface area contributed by atoms with Crippen LogP contribution in [0.5, 0.6) is 11.5 Å². The minimum absolute atomic E-state index is 0.0766. The second-order valence-electron chi connectivity index (χ2n) is 7.66. The van der Waals surface area contributed by atoms with Gasteiger partial charge in [0.2, 0.25) is 5.91 Å². The zero-order valence-corrected chi connectivity index (χ0v) is 16.8. The Bertz CT molecular complexity index is 1120. The first-order chi connectivity index (χ1) is 15.2. The van der Waals surface area contributed by atoms with Gasteiger partial charge < -0.3 is 20.1 Å². The molecule has 8 nitrogen and oxygen atoms in total. The van der Waals surface area contributed by atoms with Gasteiger partial charge in [-0.2, -0.15) is 5.10 Å². The number of aromatic amines is 1. The number of anilines is 1. The first kappa shape index (κ1) is 19.2. The number of carbonyl (C=O) groups is 2. The Morgan fingerprint density at radius 2 is 1.81 bits per heavy atom. The first-order valence-corrected chi connectivity index (χ1v) is 10.3. The molecule has 1 aliphatic carbocycles. The van der Waals surface area contributed by atoms with Crippen LogP contribution in [0, 0.1) is 5.92 Å². The van der Waals surface area contributed by atoms with Crippen LogP contribution in [0.1, 0.15) is 28.8 Å². The fraction of sp³-hybridized carbons (Fsp3) is 0.261. The average molecular weight is 418 g/mol. The van der Waals surface area contributed by atoms with Crippen LogP contribution < -0.4 is 20.1 Å².